The summed E-state index contributed by atoms with van der Waals surface area (Å²) >= 11 is 0. The summed E-state index contributed by atoms with van der Waals surface area (Å²) < 4.78 is 5.40. The van der Waals surface area contributed by atoms with E-state index in [9.17, 15) is 24.3 Å². The van der Waals surface area contributed by atoms with Gasteiger partial charge in [0, 0.05) is 24.2 Å². The van der Waals surface area contributed by atoms with E-state index in [-0.39, 0.29) is 23.5 Å². The van der Waals surface area contributed by atoms with Crippen molar-refractivity contribution in [1.82, 2.24) is 4.98 Å². The van der Waals surface area contributed by atoms with E-state index in [1.165, 1.54) is 6.39 Å². The molecule has 0 saturated heterocycles. The van der Waals surface area contributed by atoms with Gasteiger partial charge in [-0.25, -0.2) is 9.78 Å². The first-order valence-corrected chi connectivity index (χ1v) is 11.3. The zero-order valence-electron chi connectivity index (χ0n) is 19.4. The number of hydrogen-bond donors (Lipinski definition) is 4. The fourth-order valence-corrected chi connectivity index (χ4v) is 3.67. The molecule has 10 nitrogen and oxygen atoms in total. The number of carbonyl (C=O) groups is 2. The Morgan fingerprint density at radius 2 is 1.69 bits per heavy atom. The number of oxazole rings is 1. The molecular weight excluding hydrogens is 464 g/mol. The number of amides is 1. The monoisotopic (exact) mass is 488 g/mol. The topological polar surface area (TPSA) is 151 Å². The highest BCUT2D eigenvalue weighted by Gasteiger charge is 2.26. The summed E-state index contributed by atoms with van der Waals surface area (Å²) in [6.45, 7) is 2.40. The molecule has 4 N–H and O–H groups in total. The van der Waals surface area contributed by atoms with Crippen LogP contribution in [-0.2, 0) is 11.2 Å². The zero-order valence-corrected chi connectivity index (χ0v) is 19.4. The van der Waals surface area contributed by atoms with Crippen LogP contribution in [0.2, 0.25) is 0 Å². The average molecular weight is 489 g/mol. The van der Waals surface area contributed by atoms with Crippen LogP contribution in [0.3, 0.4) is 0 Å². The van der Waals surface area contributed by atoms with Crippen LogP contribution < -0.4 is 26.8 Å². The first-order chi connectivity index (χ1) is 17.4. The maximum Gasteiger partial charge on any atom is 0.326 e. The van der Waals surface area contributed by atoms with Gasteiger partial charge in [0.1, 0.15) is 17.4 Å². The van der Waals surface area contributed by atoms with Gasteiger partial charge in [-0.1, -0.05) is 49.4 Å². The van der Waals surface area contributed by atoms with E-state index in [1.54, 1.807) is 24.3 Å². The molecule has 0 fully saturated rings. The van der Waals surface area contributed by atoms with Crippen molar-refractivity contribution in [2.45, 2.75) is 25.8 Å². The summed E-state index contributed by atoms with van der Waals surface area (Å²) in [5.74, 6) is -1.26. The number of benzene rings is 2. The molecule has 1 amide bonds. The largest absolute Gasteiger partial charge is 0.480 e. The third-order valence-electron chi connectivity index (χ3n) is 5.55. The average Bonchev–Trinajstić information content (AvgIpc) is 3.39. The normalized spacial score (nSPS) is 11.7. The minimum absolute atomic E-state index is 0.00781. The lowest BCUT2D eigenvalue weighted by atomic mass is 10.0. The SMILES string of the molecule is CCCNc1c(N[C@@H](Cc2ccc(NC(=O)c3ncoc3-c3ccccc3)cc2)C(=O)O)c(=O)c1=O. The van der Waals surface area contributed by atoms with Gasteiger partial charge < -0.3 is 25.5 Å². The van der Waals surface area contributed by atoms with E-state index in [4.69, 9.17) is 4.42 Å². The predicted octanol–water partition coefficient (Wildman–Crippen LogP) is 3.12. The number of carboxylic acid groups (broad SMARTS) is 1. The summed E-state index contributed by atoms with van der Waals surface area (Å²) in [7, 11) is 0. The van der Waals surface area contributed by atoms with Crippen LogP contribution >= 0.6 is 0 Å². The summed E-state index contributed by atoms with van der Waals surface area (Å²) in [6, 6.07) is 14.6. The molecule has 0 spiro atoms. The Labute approximate surface area is 205 Å². The van der Waals surface area contributed by atoms with Crippen LogP contribution in [0.5, 0.6) is 0 Å². The van der Waals surface area contributed by atoms with Crippen LogP contribution in [0.15, 0.2) is 75.0 Å². The summed E-state index contributed by atoms with van der Waals surface area (Å²) in [4.78, 5) is 52.3. The number of carboxylic acids is 1. The second-order valence-electron chi connectivity index (χ2n) is 8.12. The van der Waals surface area contributed by atoms with Crippen molar-refractivity contribution in [3.8, 4) is 11.3 Å². The molecule has 3 aromatic carbocycles. The van der Waals surface area contributed by atoms with Crippen LogP contribution in [0, 0.1) is 0 Å². The summed E-state index contributed by atoms with van der Waals surface area (Å²) in [5.41, 5.74) is 0.720. The Morgan fingerprint density at radius 1 is 1.00 bits per heavy atom. The Kier molecular flexibility index (Phi) is 7.24. The van der Waals surface area contributed by atoms with Crippen LogP contribution in [0.1, 0.15) is 29.4 Å². The summed E-state index contributed by atoms with van der Waals surface area (Å²) in [5, 5.41) is 17.9. The number of nitrogens with one attached hydrogen (secondary N) is 3. The molecule has 184 valence electrons. The Balaban J connectivity index is 1.43. The molecule has 0 aliphatic heterocycles. The van der Waals surface area contributed by atoms with Crippen molar-refractivity contribution >= 4 is 28.9 Å². The van der Waals surface area contributed by atoms with Crippen molar-refractivity contribution in [3.63, 3.8) is 0 Å². The molecule has 0 aliphatic rings. The number of aliphatic carboxylic acids is 1. The molecule has 4 aromatic rings. The number of anilines is 3. The molecule has 36 heavy (non-hydrogen) atoms. The third kappa shape index (κ3) is 5.17. The maximum absolute atomic E-state index is 12.8. The highest BCUT2D eigenvalue weighted by molar-refractivity contribution is 6.06. The Bertz CT molecular complexity index is 1440. The van der Waals surface area contributed by atoms with Gasteiger partial charge in [-0.15, -0.1) is 0 Å². The second kappa shape index (κ2) is 10.7. The van der Waals surface area contributed by atoms with E-state index in [2.05, 4.69) is 20.9 Å². The lowest BCUT2D eigenvalue weighted by Crippen LogP contribution is -2.42. The molecule has 4 rings (SSSR count). The van der Waals surface area contributed by atoms with E-state index >= 15 is 0 Å². The fraction of sp³-hybridized carbons (Fsp3) is 0.192. The minimum atomic E-state index is -1.17. The van der Waals surface area contributed by atoms with Crippen LogP contribution in [0.4, 0.5) is 17.1 Å². The highest BCUT2D eigenvalue weighted by atomic mass is 16.4. The molecule has 10 heteroatoms. The van der Waals surface area contributed by atoms with Gasteiger partial charge in [0.2, 0.25) is 0 Å². The van der Waals surface area contributed by atoms with E-state index in [0.29, 0.717) is 23.6 Å². The molecule has 1 heterocycles. The number of aromatic nitrogens is 1. The number of nitrogens with zero attached hydrogens (tertiary/aromatic N) is 1. The van der Waals surface area contributed by atoms with Crippen molar-refractivity contribution in [2.24, 2.45) is 0 Å². The third-order valence-corrected chi connectivity index (χ3v) is 5.55. The summed E-state index contributed by atoms with van der Waals surface area (Å²) in [6.07, 6.45) is 2.00. The van der Waals surface area contributed by atoms with E-state index < -0.39 is 28.8 Å². The minimum Gasteiger partial charge on any atom is -0.480 e. The van der Waals surface area contributed by atoms with E-state index in [0.717, 1.165) is 12.0 Å². The standard InChI is InChI=1S/C26H24N4O6/c1-2-12-27-19-20(23(32)22(19)31)30-18(26(34)35)13-15-8-10-17(11-9-15)29-25(33)21-24(36-14-28-21)16-6-4-3-5-7-16/h3-11,14,18,27,30H,2,12-13H2,1H3,(H,29,33)(H,34,35)/t18-/m0/s1. The number of rotatable bonds is 11. The molecule has 0 saturated carbocycles. The van der Waals surface area contributed by atoms with Crippen molar-refractivity contribution < 1.29 is 19.1 Å². The van der Waals surface area contributed by atoms with Gasteiger partial charge in [0.25, 0.3) is 16.8 Å². The fourth-order valence-electron chi connectivity index (χ4n) is 3.67. The smallest absolute Gasteiger partial charge is 0.326 e. The van der Waals surface area contributed by atoms with Gasteiger partial charge in [-0.3, -0.25) is 14.4 Å². The quantitative estimate of drug-likeness (QED) is 0.233. The van der Waals surface area contributed by atoms with Crippen molar-refractivity contribution in [2.75, 3.05) is 22.5 Å². The van der Waals surface area contributed by atoms with Crippen LogP contribution in [-0.4, -0.2) is 34.6 Å². The maximum atomic E-state index is 12.8. The van der Waals surface area contributed by atoms with Crippen molar-refractivity contribution in [3.05, 3.63) is 92.7 Å². The van der Waals surface area contributed by atoms with Gasteiger partial charge in [0.05, 0.1) is 0 Å². The number of carbonyl (C=O) groups excluding carboxylic acids is 1. The molecule has 0 bridgehead atoms. The highest BCUT2D eigenvalue weighted by Crippen LogP contribution is 2.24. The first kappa shape index (κ1) is 24.4. The second-order valence-corrected chi connectivity index (χ2v) is 8.12. The van der Waals surface area contributed by atoms with Crippen molar-refractivity contribution in [1.29, 1.82) is 0 Å². The van der Waals surface area contributed by atoms with Crippen LogP contribution in [0.25, 0.3) is 11.3 Å². The number of hydrogen-bond acceptors (Lipinski definition) is 8. The lowest BCUT2D eigenvalue weighted by molar-refractivity contribution is -0.137. The molecule has 0 unspecified atom stereocenters. The van der Waals surface area contributed by atoms with Gasteiger partial charge in [-0.05, 0) is 24.1 Å². The molecule has 1 atom stereocenters. The van der Waals surface area contributed by atoms with Gasteiger partial charge >= 0.3 is 5.97 Å². The lowest BCUT2D eigenvalue weighted by Gasteiger charge is -2.20. The molecule has 0 radical (unpaired) electrons. The van der Waals surface area contributed by atoms with Gasteiger partial charge in [0.15, 0.2) is 17.8 Å². The molecular formula is C26H24N4O6. The van der Waals surface area contributed by atoms with E-state index in [1.807, 2.05) is 37.3 Å². The molecule has 1 aromatic heterocycles. The Hall–Kier alpha value is -4.73. The molecule has 0 aliphatic carbocycles. The first-order valence-electron chi connectivity index (χ1n) is 11.3. The predicted molar refractivity (Wildman–Crippen MR) is 135 cm³/mol. The van der Waals surface area contributed by atoms with Gasteiger partial charge in [-0.2, -0.15) is 0 Å². The Morgan fingerprint density at radius 3 is 2.36 bits per heavy atom. The zero-order chi connectivity index (χ0) is 25.7.